The Hall–Kier alpha value is -1.66. The third kappa shape index (κ3) is 3.39. The van der Waals surface area contributed by atoms with E-state index < -0.39 is 0 Å². The second-order valence-corrected chi connectivity index (χ2v) is 6.04. The fourth-order valence-corrected chi connectivity index (χ4v) is 3.42. The highest BCUT2D eigenvalue weighted by Gasteiger charge is 2.39. The molecule has 22 heavy (non-hydrogen) atoms. The molecule has 0 saturated carbocycles. The number of urea groups is 1. The molecule has 1 aromatic carbocycles. The summed E-state index contributed by atoms with van der Waals surface area (Å²) < 4.78 is 18.7. The van der Waals surface area contributed by atoms with Crippen molar-refractivity contribution >= 4 is 6.03 Å². The van der Waals surface area contributed by atoms with Gasteiger partial charge in [-0.3, -0.25) is 4.90 Å². The summed E-state index contributed by atoms with van der Waals surface area (Å²) in [6.07, 6.45) is 1.76. The predicted octanol–water partition coefficient (Wildman–Crippen LogP) is 1.49. The van der Waals surface area contributed by atoms with Crippen LogP contribution in [0, 0.1) is 5.82 Å². The zero-order valence-corrected chi connectivity index (χ0v) is 12.7. The first-order valence-corrected chi connectivity index (χ1v) is 7.72. The van der Waals surface area contributed by atoms with E-state index in [0.717, 1.165) is 24.9 Å². The maximum absolute atomic E-state index is 13.0. The molecular formula is C16H22FN3O2. The molecule has 2 bridgehead atoms. The van der Waals surface area contributed by atoms with E-state index in [-0.39, 0.29) is 17.9 Å². The summed E-state index contributed by atoms with van der Waals surface area (Å²) in [5.41, 5.74) is 1.11. The van der Waals surface area contributed by atoms with Gasteiger partial charge in [-0.2, -0.15) is 0 Å². The van der Waals surface area contributed by atoms with Crippen molar-refractivity contribution in [1.82, 2.24) is 15.5 Å². The van der Waals surface area contributed by atoms with Gasteiger partial charge < -0.3 is 15.4 Å². The fraction of sp³-hybridized carbons (Fsp3) is 0.562. The minimum absolute atomic E-state index is 0.129. The summed E-state index contributed by atoms with van der Waals surface area (Å²) in [4.78, 5) is 13.9. The number of nitrogens with one attached hydrogen (secondary N) is 2. The standard InChI is InChI=1S/C16H22FN3O2/c1-18-16(21)19-13-6-14-9-22-10-15(7-13)20(14)8-11-2-4-12(17)5-3-11/h2-5,13-15H,6-10H2,1H3,(H2,18,19,21)/t13?,14-,15+. The molecule has 5 nitrogen and oxygen atoms in total. The zero-order chi connectivity index (χ0) is 15.5. The number of rotatable bonds is 3. The van der Waals surface area contributed by atoms with E-state index in [4.69, 9.17) is 4.74 Å². The predicted molar refractivity (Wildman–Crippen MR) is 81.0 cm³/mol. The zero-order valence-electron chi connectivity index (χ0n) is 12.7. The van der Waals surface area contributed by atoms with Crippen molar-refractivity contribution in [2.24, 2.45) is 0 Å². The quantitative estimate of drug-likeness (QED) is 0.889. The molecule has 0 aromatic heterocycles. The average molecular weight is 307 g/mol. The van der Waals surface area contributed by atoms with Gasteiger partial charge in [-0.05, 0) is 30.5 Å². The molecule has 6 heteroatoms. The number of fused-ring (bicyclic) bond motifs is 2. The van der Waals surface area contributed by atoms with Crippen LogP contribution in [-0.4, -0.2) is 49.3 Å². The smallest absolute Gasteiger partial charge is 0.314 e. The van der Waals surface area contributed by atoms with E-state index in [2.05, 4.69) is 15.5 Å². The summed E-state index contributed by atoms with van der Waals surface area (Å²) in [6.45, 7) is 2.17. The summed E-state index contributed by atoms with van der Waals surface area (Å²) in [5.74, 6) is -0.208. The van der Waals surface area contributed by atoms with Crippen LogP contribution in [0.25, 0.3) is 0 Å². The lowest BCUT2D eigenvalue weighted by atomic mass is 9.89. The molecule has 1 unspecified atom stereocenters. The third-order valence-corrected chi connectivity index (χ3v) is 4.51. The SMILES string of the molecule is CNC(=O)NC1C[C@H]2COC[C@@H](C1)N2Cc1ccc(F)cc1. The molecule has 2 aliphatic heterocycles. The van der Waals surface area contributed by atoms with Gasteiger partial charge in [-0.1, -0.05) is 12.1 Å². The van der Waals surface area contributed by atoms with Gasteiger partial charge in [0.25, 0.3) is 0 Å². The Labute approximate surface area is 129 Å². The van der Waals surface area contributed by atoms with Crippen LogP contribution in [0.4, 0.5) is 9.18 Å². The number of piperidine rings is 1. The van der Waals surface area contributed by atoms with Gasteiger partial charge in [0, 0.05) is 31.7 Å². The topological polar surface area (TPSA) is 53.6 Å². The molecule has 3 atom stereocenters. The second-order valence-electron chi connectivity index (χ2n) is 6.04. The van der Waals surface area contributed by atoms with Crippen LogP contribution in [0.5, 0.6) is 0 Å². The number of ether oxygens (including phenoxy) is 1. The molecule has 2 fully saturated rings. The summed E-state index contributed by atoms with van der Waals surface area (Å²) in [7, 11) is 1.63. The average Bonchev–Trinajstić information content (AvgIpc) is 2.50. The molecule has 120 valence electrons. The largest absolute Gasteiger partial charge is 0.378 e. The van der Waals surface area contributed by atoms with E-state index in [1.54, 1.807) is 7.05 Å². The number of carbonyl (C=O) groups excluding carboxylic acids is 1. The highest BCUT2D eigenvalue weighted by Crippen LogP contribution is 2.29. The monoisotopic (exact) mass is 307 g/mol. The highest BCUT2D eigenvalue weighted by molar-refractivity contribution is 5.73. The van der Waals surface area contributed by atoms with E-state index in [1.807, 2.05) is 12.1 Å². The molecular weight excluding hydrogens is 285 g/mol. The number of morpholine rings is 1. The molecule has 0 spiro atoms. The van der Waals surface area contributed by atoms with Crippen molar-refractivity contribution in [3.05, 3.63) is 35.6 Å². The molecule has 3 rings (SSSR count). The third-order valence-electron chi connectivity index (χ3n) is 4.51. The molecule has 0 aliphatic carbocycles. The molecule has 2 N–H and O–H groups in total. The van der Waals surface area contributed by atoms with Gasteiger partial charge in [0.2, 0.25) is 0 Å². The number of hydrogen-bond acceptors (Lipinski definition) is 3. The maximum atomic E-state index is 13.0. The molecule has 2 saturated heterocycles. The molecule has 1 aromatic rings. The summed E-state index contributed by atoms with van der Waals surface area (Å²) in [6, 6.07) is 7.31. The Balaban J connectivity index is 1.66. The number of carbonyl (C=O) groups is 1. The molecule has 0 radical (unpaired) electrons. The van der Waals surface area contributed by atoms with Crippen molar-refractivity contribution in [3.8, 4) is 0 Å². The van der Waals surface area contributed by atoms with E-state index in [9.17, 15) is 9.18 Å². The van der Waals surface area contributed by atoms with Crippen molar-refractivity contribution < 1.29 is 13.9 Å². The van der Waals surface area contributed by atoms with Crippen LogP contribution in [0.1, 0.15) is 18.4 Å². The Morgan fingerprint density at radius 1 is 1.27 bits per heavy atom. The first kappa shape index (κ1) is 15.2. The van der Waals surface area contributed by atoms with Crippen LogP contribution in [0.2, 0.25) is 0 Å². The lowest BCUT2D eigenvalue weighted by Gasteiger charge is -2.48. The normalized spacial score (nSPS) is 28.2. The Morgan fingerprint density at radius 2 is 1.91 bits per heavy atom. The number of halogens is 1. The minimum Gasteiger partial charge on any atom is -0.378 e. The van der Waals surface area contributed by atoms with Crippen LogP contribution >= 0.6 is 0 Å². The van der Waals surface area contributed by atoms with Crippen LogP contribution in [0.3, 0.4) is 0 Å². The highest BCUT2D eigenvalue weighted by atomic mass is 19.1. The van der Waals surface area contributed by atoms with Crippen molar-refractivity contribution in [2.45, 2.75) is 37.5 Å². The lowest BCUT2D eigenvalue weighted by molar-refractivity contribution is -0.0840. The molecule has 2 aliphatic rings. The van der Waals surface area contributed by atoms with Gasteiger partial charge in [-0.25, -0.2) is 9.18 Å². The van der Waals surface area contributed by atoms with Crippen molar-refractivity contribution in [3.63, 3.8) is 0 Å². The first-order chi connectivity index (χ1) is 10.7. The molecule has 2 amide bonds. The van der Waals surface area contributed by atoms with Crippen molar-refractivity contribution in [2.75, 3.05) is 20.3 Å². The maximum Gasteiger partial charge on any atom is 0.314 e. The second kappa shape index (κ2) is 6.62. The van der Waals surface area contributed by atoms with Gasteiger partial charge >= 0.3 is 6.03 Å². The first-order valence-electron chi connectivity index (χ1n) is 7.72. The lowest BCUT2D eigenvalue weighted by Crippen LogP contribution is -2.60. The number of hydrogen-bond donors (Lipinski definition) is 2. The van der Waals surface area contributed by atoms with Crippen LogP contribution in [0.15, 0.2) is 24.3 Å². The molecule has 2 heterocycles. The Bertz CT molecular complexity index is 509. The van der Waals surface area contributed by atoms with Gasteiger partial charge in [0.1, 0.15) is 5.82 Å². The number of amides is 2. The minimum atomic E-state index is -0.208. The van der Waals surface area contributed by atoms with Crippen LogP contribution < -0.4 is 10.6 Å². The summed E-state index contributed by atoms with van der Waals surface area (Å²) in [5, 5.41) is 5.61. The van der Waals surface area contributed by atoms with Gasteiger partial charge in [0.15, 0.2) is 0 Å². The van der Waals surface area contributed by atoms with Gasteiger partial charge in [-0.15, -0.1) is 0 Å². The van der Waals surface area contributed by atoms with E-state index >= 15 is 0 Å². The Kier molecular flexibility index (Phi) is 4.59. The Morgan fingerprint density at radius 3 is 2.50 bits per heavy atom. The van der Waals surface area contributed by atoms with Crippen molar-refractivity contribution in [1.29, 1.82) is 0 Å². The van der Waals surface area contributed by atoms with Gasteiger partial charge in [0.05, 0.1) is 13.2 Å². The number of benzene rings is 1. The summed E-state index contributed by atoms with van der Waals surface area (Å²) >= 11 is 0. The van der Waals surface area contributed by atoms with E-state index in [0.29, 0.717) is 25.3 Å². The van der Waals surface area contributed by atoms with E-state index in [1.165, 1.54) is 12.1 Å². The number of nitrogens with zero attached hydrogens (tertiary/aromatic N) is 1. The van der Waals surface area contributed by atoms with Crippen LogP contribution in [-0.2, 0) is 11.3 Å². The fourth-order valence-electron chi connectivity index (χ4n) is 3.42.